The SMILES string of the molecule is O=C(C=C(C1CCCCC1)C(F)(F)F)OCc1ccccc1. The predicted octanol–water partition coefficient (Wildman–Crippen LogP) is 4.80. The van der Waals surface area contributed by atoms with Gasteiger partial charge in [0.05, 0.1) is 0 Å². The number of carbonyl (C=O) groups is 1. The molecule has 2 rings (SSSR count). The molecule has 0 aliphatic heterocycles. The fraction of sp³-hybridized carbons (Fsp3) is 0.471. The molecule has 1 aromatic carbocycles. The molecule has 0 unspecified atom stereocenters. The van der Waals surface area contributed by atoms with Crippen molar-refractivity contribution in [3.63, 3.8) is 0 Å². The van der Waals surface area contributed by atoms with E-state index < -0.39 is 23.6 Å². The highest BCUT2D eigenvalue weighted by atomic mass is 19.4. The molecular formula is C17H19F3O2. The summed E-state index contributed by atoms with van der Waals surface area (Å²) in [5.41, 5.74) is 0.000682. The summed E-state index contributed by atoms with van der Waals surface area (Å²) in [4.78, 5) is 11.7. The van der Waals surface area contributed by atoms with E-state index in [9.17, 15) is 18.0 Å². The molecule has 0 aromatic heterocycles. The van der Waals surface area contributed by atoms with E-state index in [4.69, 9.17) is 4.74 Å². The van der Waals surface area contributed by atoms with Crippen LogP contribution in [0.2, 0.25) is 0 Å². The summed E-state index contributed by atoms with van der Waals surface area (Å²) < 4.78 is 44.4. The first-order chi connectivity index (χ1) is 10.5. The van der Waals surface area contributed by atoms with Gasteiger partial charge in [0.2, 0.25) is 0 Å². The van der Waals surface area contributed by atoms with Crippen LogP contribution in [0.4, 0.5) is 13.2 Å². The van der Waals surface area contributed by atoms with Crippen molar-refractivity contribution in [3.05, 3.63) is 47.5 Å². The predicted molar refractivity (Wildman–Crippen MR) is 77.0 cm³/mol. The topological polar surface area (TPSA) is 26.3 Å². The number of ether oxygens (including phenoxy) is 1. The van der Waals surface area contributed by atoms with E-state index in [2.05, 4.69) is 0 Å². The average molecular weight is 312 g/mol. The van der Waals surface area contributed by atoms with E-state index in [1.165, 1.54) is 0 Å². The molecular weight excluding hydrogens is 293 g/mol. The van der Waals surface area contributed by atoms with Crippen LogP contribution in [-0.4, -0.2) is 12.1 Å². The van der Waals surface area contributed by atoms with Gasteiger partial charge in [0.25, 0.3) is 0 Å². The number of halogens is 3. The summed E-state index contributed by atoms with van der Waals surface area (Å²) in [5.74, 6) is -1.51. The van der Waals surface area contributed by atoms with Gasteiger partial charge in [0.1, 0.15) is 6.61 Å². The Morgan fingerprint density at radius 2 is 1.77 bits per heavy atom. The van der Waals surface area contributed by atoms with Crippen molar-refractivity contribution in [1.82, 2.24) is 0 Å². The van der Waals surface area contributed by atoms with E-state index in [-0.39, 0.29) is 6.61 Å². The third kappa shape index (κ3) is 4.90. The minimum atomic E-state index is -4.48. The molecule has 0 atom stereocenters. The first-order valence-corrected chi connectivity index (χ1v) is 7.46. The van der Waals surface area contributed by atoms with Gasteiger partial charge in [0, 0.05) is 11.6 Å². The number of esters is 1. The Kier molecular flexibility index (Phi) is 5.63. The maximum absolute atomic E-state index is 13.2. The zero-order valence-corrected chi connectivity index (χ0v) is 12.2. The fourth-order valence-corrected chi connectivity index (χ4v) is 2.74. The minimum Gasteiger partial charge on any atom is -0.458 e. The fourth-order valence-electron chi connectivity index (χ4n) is 2.74. The maximum atomic E-state index is 13.2. The van der Waals surface area contributed by atoms with Gasteiger partial charge in [-0.25, -0.2) is 4.79 Å². The third-order valence-electron chi connectivity index (χ3n) is 3.87. The molecule has 0 amide bonds. The molecule has 0 heterocycles. The van der Waals surface area contributed by atoms with Crippen molar-refractivity contribution in [2.75, 3.05) is 0 Å². The van der Waals surface area contributed by atoms with Gasteiger partial charge in [0.15, 0.2) is 0 Å². The van der Waals surface area contributed by atoms with E-state index in [1.54, 1.807) is 24.3 Å². The monoisotopic (exact) mass is 312 g/mol. The summed E-state index contributed by atoms with van der Waals surface area (Å²) in [7, 11) is 0. The van der Waals surface area contributed by atoms with Crippen molar-refractivity contribution in [1.29, 1.82) is 0 Å². The summed E-state index contributed by atoms with van der Waals surface area (Å²) >= 11 is 0. The van der Waals surface area contributed by atoms with Crippen LogP contribution in [0, 0.1) is 5.92 Å². The number of hydrogen-bond donors (Lipinski definition) is 0. The highest BCUT2D eigenvalue weighted by Crippen LogP contribution is 2.39. The molecule has 0 N–H and O–H groups in total. The molecule has 1 saturated carbocycles. The Hall–Kier alpha value is -1.78. The second-order valence-electron chi connectivity index (χ2n) is 5.53. The largest absolute Gasteiger partial charge is 0.458 e. The summed E-state index contributed by atoms with van der Waals surface area (Å²) in [6.45, 7) is -0.0218. The van der Waals surface area contributed by atoms with Crippen LogP contribution in [0.25, 0.3) is 0 Å². The van der Waals surface area contributed by atoms with E-state index in [0.717, 1.165) is 24.8 Å². The first kappa shape index (κ1) is 16.6. The number of rotatable bonds is 4. The van der Waals surface area contributed by atoms with Crippen LogP contribution in [0.5, 0.6) is 0 Å². The van der Waals surface area contributed by atoms with E-state index >= 15 is 0 Å². The van der Waals surface area contributed by atoms with Crippen LogP contribution in [0.3, 0.4) is 0 Å². The Morgan fingerprint density at radius 3 is 2.36 bits per heavy atom. The second-order valence-corrected chi connectivity index (χ2v) is 5.53. The van der Waals surface area contributed by atoms with E-state index in [1.807, 2.05) is 6.07 Å². The Morgan fingerprint density at radius 1 is 1.14 bits per heavy atom. The van der Waals surface area contributed by atoms with Crippen molar-refractivity contribution in [3.8, 4) is 0 Å². The van der Waals surface area contributed by atoms with Crippen molar-refractivity contribution in [2.45, 2.75) is 44.9 Å². The van der Waals surface area contributed by atoms with Gasteiger partial charge in [-0.1, -0.05) is 49.6 Å². The molecule has 0 saturated heterocycles. The van der Waals surface area contributed by atoms with E-state index in [0.29, 0.717) is 18.9 Å². The Labute approximate surface area is 128 Å². The van der Waals surface area contributed by atoms with Gasteiger partial charge in [-0.2, -0.15) is 13.2 Å². The minimum absolute atomic E-state index is 0.0218. The zero-order valence-electron chi connectivity index (χ0n) is 12.2. The maximum Gasteiger partial charge on any atom is 0.413 e. The van der Waals surface area contributed by atoms with Crippen LogP contribution < -0.4 is 0 Å². The lowest BCUT2D eigenvalue weighted by molar-refractivity contribution is -0.140. The summed E-state index contributed by atoms with van der Waals surface area (Å²) in [5, 5.41) is 0. The zero-order chi connectivity index (χ0) is 16.0. The quantitative estimate of drug-likeness (QED) is 0.590. The lowest BCUT2D eigenvalue weighted by atomic mass is 9.83. The molecule has 2 nitrogen and oxygen atoms in total. The van der Waals surface area contributed by atoms with Crippen molar-refractivity contribution >= 4 is 5.97 Å². The smallest absolute Gasteiger partial charge is 0.413 e. The average Bonchev–Trinajstić information content (AvgIpc) is 2.51. The van der Waals surface area contributed by atoms with Gasteiger partial charge in [-0.3, -0.25) is 0 Å². The molecule has 120 valence electrons. The number of benzene rings is 1. The molecule has 0 radical (unpaired) electrons. The van der Waals surface area contributed by atoms with Gasteiger partial charge < -0.3 is 4.74 Å². The number of allylic oxidation sites excluding steroid dienone is 1. The molecule has 1 aromatic rings. The lowest BCUT2D eigenvalue weighted by Crippen LogP contribution is -2.23. The highest BCUT2D eigenvalue weighted by Gasteiger charge is 2.39. The molecule has 5 heteroatoms. The molecule has 1 aliphatic rings. The molecule has 0 spiro atoms. The van der Waals surface area contributed by atoms with Crippen LogP contribution >= 0.6 is 0 Å². The summed E-state index contributed by atoms with van der Waals surface area (Å²) in [6, 6.07) is 8.88. The molecule has 0 bridgehead atoms. The number of hydrogen-bond acceptors (Lipinski definition) is 2. The van der Waals surface area contributed by atoms with Crippen molar-refractivity contribution < 1.29 is 22.7 Å². The Bertz CT molecular complexity index is 514. The van der Waals surface area contributed by atoms with Crippen LogP contribution in [0.15, 0.2) is 42.0 Å². The molecule has 1 fully saturated rings. The number of carbonyl (C=O) groups excluding carboxylic acids is 1. The first-order valence-electron chi connectivity index (χ1n) is 7.46. The molecule has 1 aliphatic carbocycles. The van der Waals surface area contributed by atoms with Crippen LogP contribution in [0.1, 0.15) is 37.7 Å². The number of alkyl halides is 3. The Balaban J connectivity index is 2.02. The second kappa shape index (κ2) is 7.47. The highest BCUT2D eigenvalue weighted by molar-refractivity contribution is 5.83. The standard InChI is InChI=1S/C17H19F3O2/c18-17(19,20)15(14-9-5-2-6-10-14)11-16(21)22-12-13-7-3-1-4-8-13/h1,3-4,7-8,11,14H,2,5-6,9-10,12H2. The summed E-state index contributed by atoms with van der Waals surface area (Å²) in [6.07, 6.45) is -0.365. The van der Waals surface area contributed by atoms with Crippen molar-refractivity contribution in [2.24, 2.45) is 5.92 Å². The lowest BCUT2D eigenvalue weighted by Gasteiger charge is -2.25. The van der Waals surface area contributed by atoms with Gasteiger partial charge in [-0.05, 0) is 24.3 Å². The third-order valence-corrected chi connectivity index (χ3v) is 3.87. The van der Waals surface area contributed by atoms with Gasteiger partial charge in [-0.15, -0.1) is 0 Å². The van der Waals surface area contributed by atoms with Crippen LogP contribution in [-0.2, 0) is 16.1 Å². The van der Waals surface area contributed by atoms with Gasteiger partial charge >= 0.3 is 12.1 Å². The normalized spacial score (nSPS) is 17.3. The molecule has 22 heavy (non-hydrogen) atoms.